The van der Waals surface area contributed by atoms with E-state index in [4.69, 9.17) is 17.4 Å². The second-order valence-electron chi connectivity index (χ2n) is 10.1. The van der Waals surface area contributed by atoms with Gasteiger partial charge in [-0.25, -0.2) is 0 Å². The van der Waals surface area contributed by atoms with Crippen molar-refractivity contribution in [2.45, 2.75) is 82.5 Å². The molecule has 0 bridgehead atoms. The van der Waals surface area contributed by atoms with E-state index < -0.39 is 0 Å². The fourth-order valence-corrected chi connectivity index (χ4v) is 8.44. The predicted molar refractivity (Wildman–Crippen MR) is 103 cm³/mol. The van der Waals surface area contributed by atoms with Crippen molar-refractivity contribution in [3.63, 3.8) is 0 Å². The molecule has 1 aliphatic heterocycles. The van der Waals surface area contributed by atoms with Gasteiger partial charge in [0, 0.05) is 23.5 Å². The number of carbonyl (C=O) groups excluding carboxylic acids is 2. The van der Waals surface area contributed by atoms with E-state index in [1.807, 2.05) is 6.08 Å². The van der Waals surface area contributed by atoms with Gasteiger partial charge in [-0.15, -0.1) is 0 Å². The van der Waals surface area contributed by atoms with Crippen LogP contribution in [-0.2, 0) is 14.3 Å². The Hall–Kier alpha value is -0.770. The zero-order chi connectivity index (χ0) is 18.3. The molecule has 26 heavy (non-hydrogen) atoms. The normalized spacial score (nSPS) is 53.0. The molecular formula is C22H30O3S. The molecule has 3 saturated carbocycles. The van der Waals surface area contributed by atoms with Crippen molar-refractivity contribution >= 4 is 24.4 Å². The Morgan fingerprint density at radius 1 is 1.04 bits per heavy atom. The highest BCUT2D eigenvalue weighted by atomic mass is 32.1. The summed E-state index contributed by atoms with van der Waals surface area (Å²) in [7, 11) is 0. The van der Waals surface area contributed by atoms with Gasteiger partial charge in [-0.05, 0) is 74.2 Å². The van der Waals surface area contributed by atoms with E-state index in [1.54, 1.807) is 0 Å². The summed E-state index contributed by atoms with van der Waals surface area (Å²) in [4.78, 5) is 24.0. The molecule has 0 amide bonds. The molecule has 1 heterocycles. The van der Waals surface area contributed by atoms with Gasteiger partial charge in [0.15, 0.2) is 5.78 Å². The summed E-state index contributed by atoms with van der Waals surface area (Å²) in [5.74, 6) is 2.08. The maximum Gasteiger partial charge on any atom is 0.306 e. The first-order valence-corrected chi connectivity index (χ1v) is 10.9. The van der Waals surface area contributed by atoms with Gasteiger partial charge in [0.25, 0.3) is 0 Å². The van der Waals surface area contributed by atoms with Crippen LogP contribution in [0.1, 0.15) is 71.6 Å². The van der Waals surface area contributed by atoms with E-state index >= 15 is 0 Å². The van der Waals surface area contributed by atoms with Crippen LogP contribution in [0.15, 0.2) is 11.6 Å². The molecule has 4 heteroatoms. The molecule has 7 atom stereocenters. The molecule has 5 rings (SSSR count). The highest BCUT2D eigenvalue weighted by molar-refractivity contribution is 7.81. The Kier molecular flexibility index (Phi) is 3.60. The quantitative estimate of drug-likeness (QED) is 0.501. The van der Waals surface area contributed by atoms with Crippen LogP contribution in [0.5, 0.6) is 0 Å². The van der Waals surface area contributed by atoms with Crippen LogP contribution in [0, 0.1) is 28.6 Å². The molecule has 142 valence electrons. The lowest BCUT2D eigenvalue weighted by atomic mass is 9.46. The minimum atomic E-state index is -0.216. The van der Waals surface area contributed by atoms with Crippen molar-refractivity contribution < 1.29 is 14.3 Å². The van der Waals surface area contributed by atoms with Crippen LogP contribution >= 0.6 is 12.6 Å². The highest BCUT2D eigenvalue weighted by Crippen LogP contribution is 2.70. The van der Waals surface area contributed by atoms with E-state index in [1.165, 1.54) is 12.0 Å². The van der Waals surface area contributed by atoms with E-state index in [-0.39, 0.29) is 22.4 Å². The van der Waals surface area contributed by atoms with Crippen molar-refractivity contribution in [1.29, 1.82) is 0 Å². The lowest BCUT2D eigenvalue weighted by Crippen LogP contribution is -2.57. The van der Waals surface area contributed by atoms with Crippen molar-refractivity contribution in [3.05, 3.63) is 11.6 Å². The number of fused-ring (bicyclic) bond motifs is 6. The lowest BCUT2D eigenvalue weighted by molar-refractivity contribution is -0.167. The first-order chi connectivity index (χ1) is 12.3. The van der Waals surface area contributed by atoms with Crippen molar-refractivity contribution in [1.82, 2.24) is 0 Å². The maximum atomic E-state index is 12.0. The lowest BCUT2D eigenvalue weighted by Gasteiger charge is -2.60. The van der Waals surface area contributed by atoms with Crippen LogP contribution < -0.4 is 0 Å². The van der Waals surface area contributed by atoms with Crippen molar-refractivity contribution in [2.75, 3.05) is 0 Å². The van der Waals surface area contributed by atoms with Gasteiger partial charge in [0.2, 0.25) is 0 Å². The number of allylic oxidation sites excluding steroid dienone is 1. The largest absolute Gasteiger partial charge is 0.458 e. The first-order valence-electron chi connectivity index (χ1n) is 10.4. The summed E-state index contributed by atoms with van der Waals surface area (Å²) < 4.78 is 6.02. The first kappa shape index (κ1) is 17.3. The third-order valence-corrected chi connectivity index (χ3v) is 9.84. The molecule has 6 unspecified atom stereocenters. The zero-order valence-electron chi connectivity index (χ0n) is 15.9. The van der Waals surface area contributed by atoms with Gasteiger partial charge in [0.1, 0.15) is 5.60 Å². The third-order valence-electron chi connectivity index (χ3n) is 9.32. The summed E-state index contributed by atoms with van der Waals surface area (Å²) in [6.45, 7) is 4.81. The minimum absolute atomic E-state index is 0.00282. The average molecular weight is 375 g/mol. The van der Waals surface area contributed by atoms with Gasteiger partial charge >= 0.3 is 5.97 Å². The number of rotatable bonds is 0. The summed E-state index contributed by atoms with van der Waals surface area (Å²) >= 11 is 5.07. The third kappa shape index (κ3) is 2.03. The summed E-state index contributed by atoms with van der Waals surface area (Å²) in [5.41, 5.74) is 1.41. The predicted octanol–water partition coefficient (Wildman–Crippen LogP) is 4.50. The fraction of sp³-hybridized carbons (Fsp3) is 0.818. The Balaban J connectivity index is 1.53. The number of hydrogen-bond donors (Lipinski definition) is 1. The van der Waals surface area contributed by atoms with E-state index in [0.29, 0.717) is 41.6 Å². The molecule has 3 nitrogen and oxygen atoms in total. The zero-order valence-corrected chi connectivity index (χ0v) is 16.8. The van der Waals surface area contributed by atoms with Gasteiger partial charge in [0.05, 0.1) is 0 Å². The number of ether oxygens (including phenoxy) is 1. The molecule has 1 saturated heterocycles. The molecule has 5 aliphatic rings. The standard InChI is InChI=1S/C22H30O3S/c1-20-7-3-14(23)11-13(20)12-17(26)19-15(20)4-8-21(2)16(19)5-9-22(21)10-6-18(24)25-22/h11,15-17,19,26H,3-10,12H2,1-2H3/t15?,16?,17-,19?,20?,21?,22?/m0/s1. The molecule has 4 aliphatic carbocycles. The molecule has 4 fully saturated rings. The van der Waals surface area contributed by atoms with Crippen LogP contribution in [0.25, 0.3) is 0 Å². The van der Waals surface area contributed by atoms with Gasteiger partial charge in [-0.2, -0.15) is 12.6 Å². The summed E-state index contributed by atoms with van der Waals surface area (Å²) in [5, 5.41) is 0.321. The number of esters is 1. The number of carbonyl (C=O) groups is 2. The van der Waals surface area contributed by atoms with E-state index in [9.17, 15) is 9.59 Å². The van der Waals surface area contributed by atoms with Crippen LogP contribution in [-0.4, -0.2) is 22.6 Å². The fourth-order valence-electron chi connectivity index (χ4n) is 7.82. The second kappa shape index (κ2) is 5.40. The SMILES string of the molecule is CC12CCC(=O)C=C1C[C@H](S)C1C2CCC2(C)C1CCC21CCC(=O)O1. The average Bonchev–Trinajstić information content (AvgIpc) is 3.11. The molecule has 1 spiro atoms. The monoisotopic (exact) mass is 374 g/mol. The van der Waals surface area contributed by atoms with E-state index in [2.05, 4.69) is 13.8 Å². The van der Waals surface area contributed by atoms with Gasteiger partial charge in [-0.1, -0.05) is 19.4 Å². The molecular weight excluding hydrogens is 344 g/mol. The topological polar surface area (TPSA) is 43.4 Å². The maximum absolute atomic E-state index is 12.0. The van der Waals surface area contributed by atoms with E-state index in [0.717, 1.165) is 38.5 Å². The molecule has 0 radical (unpaired) electrons. The van der Waals surface area contributed by atoms with Gasteiger partial charge < -0.3 is 4.74 Å². The van der Waals surface area contributed by atoms with Crippen LogP contribution in [0.2, 0.25) is 0 Å². The van der Waals surface area contributed by atoms with Crippen LogP contribution in [0.4, 0.5) is 0 Å². The minimum Gasteiger partial charge on any atom is -0.458 e. The van der Waals surface area contributed by atoms with Crippen molar-refractivity contribution in [2.24, 2.45) is 28.6 Å². The number of hydrogen-bond acceptors (Lipinski definition) is 4. The molecule has 0 aromatic carbocycles. The van der Waals surface area contributed by atoms with Crippen LogP contribution in [0.3, 0.4) is 0 Å². The second-order valence-corrected chi connectivity index (χ2v) is 10.7. The summed E-state index contributed by atoms with van der Waals surface area (Å²) in [6.07, 6.45) is 10.6. The molecule has 0 aromatic rings. The smallest absolute Gasteiger partial charge is 0.306 e. The Bertz CT molecular complexity index is 714. The Morgan fingerprint density at radius 2 is 1.81 bits per heavy atom. The highest BCUT2D eigenvalue weighted by Gasteiger charge is 2.68. The van der Waals surface area contributed by atoms with Gasteiger partial charge in [-0.3, -0.25) is 9.59 Å². The Morgan fingerprint density at radius 3 is 2.54 bits per heavy atom. The number of ketones is 1. The summed E-state index contributed by atoms with van der Waals surface area (Å²) in [6, 6.07) is 0. The van der Waals surface area contributed by atoms with Crippen molar-refractivity contribution in [3.8, 4) is 0 Å². The number of thiol groups is 1. The Labute approximate surface area is 161 Å². The molecule has 0 N–H and O–H groups in total. The molecule has 0 aromatic heterocycles.